The summed E-state index contributed by atoms with van der Waals surface area (Å²) >= 11 is 0. The maximum atomic E-state index is 9.63. The fourth-order valence-electron chi connectivity index (χ4n) is 2.21. The lowest BCUT2D eigenvalue weighted by Crippen LogP contribution is -2.38. The molecule has 0 spiro atoms. The SMILES string of the molecule is CN1CN(CC(O)CO)C(SSC2=NN(C)CN2CC(O)CO)=N1. The predicted molar refractivity (Wildman–Crippen MR) is 94.9 cm³/mol. The second-order valence-electron chi connectivity index (χ2n) is 5.65. The summed E-state index contributed by atoms with van der Waals surface area (Å²) < 4.78 is 0. The first-order valence-electron chi connectivity index (χ1n) is 7.44. The summed E-state index contributed by atoms with van der Waals surface area (Å²) in [5.74, 6) is 0. The van der Waals surface area contributed by atoms with E-state index in [1.54, 1.807) is 10.0 Å². The molecule has 0 amide bonds. The summed E-state index contributed by atoms with van der Waals surface area (Å²) in [6, 6.07) is 0. The lowest BCUT2D eigenvalue weighted by atomic mass is 10.3. The quantitative estimate of drug-likeness (QED) is 0.386. The Hall–Kier alpha value is -0.920. The first-order chi connectivity index (χ1) is 11.4. The van der Waals surface area contributed by atoms with Crippen LogP contribution in [0.25, 0.3) is 0 Å². The number of aliphatic hydroxyl groups excluding tert-OH is 4. The molecule has 2 aliphatic heterocycles. The van der Waals surface area contributed by atoms with Crippen LogP contribution in [-0.4, -0.2) is 117 Å². The van der Waals surface area contributed by atoms with Gasteiger partial charge in [-0.05, 0) is 21.6 Å². The van der Waals surface area contributed by atoms with Crippen LogP contribution in [0.3, 0.4) is 0 Å². The highest BCUT2D eigenvalue weighted by Gasteiger charge is 2.28. The average molecular weight is 380 g/mol. The van der Waals surface area contributed by atoms with E-state index in [1.165, 1.54) is 21.6 Å². The lowest BCUT2D eigenvalue weighted by Gasteiger charge is -2.23. The molecule has 0 fully saturated rings. The molecule has 4 N–H and O–H groups in total. The smallest absolute Gasteiger partial charge is 0.195 e. The molecule has 2 unspecified atom stereocenters. The van der Waals surface area contributed by atoms with Gasteiger partial charge in [0.05, 0.1) is 25.4 Å². The average Bonchev–Trinajstić information content (AvgIpc) is 3.06. The third-order valence-corrected chi connectivity index (χ3v) is 5.48. The van der Waals surface area contributed by atoms with E-state index in [9.17, 15) is 10.2 Å². The van der Waals surface area contributed by atoms with Gasteiger partial charge in [-0.1, -0.05) is 0 Å². The summed E-state index contributed by atoms with van der Waals surface area (Å²) in [6.45, 7) is 1.09. The monoisotopic (exact) mass is 380 g/mol. The van der Waals surface area contributed by atoms with Crippen molar-refractivity contribution >= 4 is 31.9 Å². The van der Waals surface area contributed by atoms with Crippen LogP contribution in [0.5, 0.6) is 0 Å². The van der Waals surface area contributed by atoms with E-state index in [-0.39, 0.29) is 13.2 Å². The van der Waals surface area contributed by atoms with Gasteiger partial charge in [0.1, 0.15) is 13.3 Å². The Morgan fingerprint density at radius 3 is 1.58 bits per heavy atom. The Labute approximate surface area is 148 Å². The fourth-order valence-corrected chi connectivity index (χ4v) is 4.46. The Morgan fingerprint density at radius 1 is 0.875 bits per heavy atom. The number of β-amino-alcohol motifs (C(OH)–C–C–N with tert-alkyl or cyclic N) is 2. The van der Waals surface area contributed by atoms with E-state index in [0.29, 0.717) is 26.4 Å². The normalized spacial score (nSPS) is 20.6. The van der Waals surface area contributed by atoms with Gasteiger partial charge in [0.15, 0.2) is 10.3 Å². The van der Waals surface area contributed by atoms with Crippen LogP contribution in [0.1, 0.15) is 0 Å². The number of rotatable bonds is 6. The molecule has 0 saturated carbocycles. The summed E-state index contributed by atoms with van der Waals surface area (Å²) in [5, 5.41) is 51.0. The molecule has 2 atom stereocenters. The summed E-state index contributed by atoms with van der Waals surface area (Å²) in [7, 11) is 6.47. The van der Waals surface area contributed by atoms with Crippen LogP contribution < -0.4 is 0 Å². The van der Waals surface area contributed by atoms with Crippen molar-refractivity contribution in [1.82, 2.24) is 19.8 Å². The zero-order valence-corrected chi connectivity index (χ0v) is 15.3. The van der Waals surface area contributed by atoms with E-state index in [0.717, 1.165) is 10.3 Å². The fraction of sp³-hybridized carbons (Fsp3) is 0.833. The van der Waals surface area contributed by atoms with Crippen molar-refractivity contribution < 1.29 is 20.4 Å². The molecule has 0 radical (unpaired) electrons. The number of nitrogens with zero attached hydrogens (tertiary/aromatic N) is 6. The molecule has 138 valence electrons. The Balaban J connectivity index is 1.92. The molecular formula is C12H24N6O4S2. The number of amidine groups is 2. The van der Waals surface area contributed by atoms with E-state index < -0.39 is 12.2 Å². The van der Waals surface area contributed by atoms with Crippen LogP contribution in [0.4, 0.5) is 0 Å². The van der Waals surface area contributed by atoms with Gasteiger partial charge in [0.2, 0.25) is 0 Å². The molecule has 10 nitrogen and oxygen atoms in total. The lowest BCUT2D eigenvalue weighted by molar-refractivity contribution is 0.0721. The van der Waals surface area contributed by atoms with E-state index in [4.69, 9.17) is 10.2 Å². The van der Waals surface area contributed by atoms with Crippen LogP contribution in [-0.2, 0) is 0 Å². The maximum Gasteiger partial charge on any atom is 0.195 e. The molecule has 2 heterocycles. The minimum atomic E-state index is -0.821. The van der Waals surface area contributed by atoms with Crippen LogP contribution >= 0.6 is 21.6 Å². The third kappa shape index (κ3) is 5.29. The van der Waals surface area contributed by atoms with Gasteiger partial charge in [0, 0.05) is 27.2 Å². The van der Waals surface area contributed by atoms with Gasteiger partial charge in [-0.15, -0.1) is 10.2 Å². The Bertz CT molecular complexity index is 440. The highest BCUT2D eigenvalue weighted by atomic mass is 33.1. The van der Waals surface area contributed by atoms with E-state index >= 15 is 0 Å². The molecule has 0 saturated heterocycles. The third-order valence-electron chi connectivity index (χ3n) is 3.28. The molecule has 0 aromatic rings. The largest absolute Gasteiger partial charge is 0.394 e. The van der Waals surface area contributed by atoms with Crippen molar-refractivity contribution in [3.8, 4) is 0 Å². The molecule has 2 aliphatic rings. The van der Waals surface area contributed by atoms with Crippen molar-refractivity contribution in [1.29, 1.82) is 0 Å². The number of aliphatic hydroxyl groups is 4. The van der Waals surface area contributed by atoms with Gasteiger partial charge in [-0.2, -0.15) is 0 Å². The molecule has 24 heavy (non-hydrogen) atoms. The maximum absolute atomic E-state index is 9.63. The molecule has 0 aromatic heterocycles. The molecule has 0 aliphatic carbocycles. The standard InChI is InChI=1S/C12H24N6O4S2/c1-15-7-17(3-9(21)5-19)11(13-15)23-24-12-14-16(2)8-18(12)4-10(22)6-20/h9-10,19-22H,3-8H2,1-2H3. The van der Waals surface area contributed by atoms with Crippen molar-refractivity contribution in [3.63, 3.8) is 0 Å². The summed E-state index contributed by atoms with van der Waals surface area (Å²) in [5.41, 5.74) is 0. The van der Waals surface area contributed by atoms with Crippen LogP contribution in [0.2, 0.25) is 0 Å². The van der Waals surface area contributed by atoms with Gasteiger partial charge < -0.3 is 30.2 Å². The Kier molecular flexibility index (Phi) is 7.25. The van der Waals surface area contributed by atoms with Crippen molar-refractivity contribution in [3.05, 3.63) is 0 Å². The molecule has 2 rings (SSSR count). The van der Waals surface area contributed by atoms with Gasteiger partial charge in [-0.3, -0.25) is 10.0 Å². The number of hydrogen-bond donors (Lipinski definition) is 4. The molecule has 0 aromatic carbocycles. The minimum Gasteiger partial charge on any atom is -0.394 e. The summed E-state index contributed by atoms with van der Waals surface area (Å²) in [4.78, 5) is 3.76. The molecule has 0 bridgehead atoms. The topological polar surface area (TPSA) is 119 Å². The molecular weight excluding hydrogens is 356 g/mol. The highest BCUT2D eigenvalue weighted by molar-refractivity contribution is 8.87. The zero-order chi connectivity index (χ0) is 17.7. The van der Waals surface area contributed by atoms with Gasteiger partial charge in [0.25, 0.3) is 0 Å². The Morgan fingerprint density at radius 2 is 1.25 bits per heavy atom. The van der Waals surface area contributed by atoms with E-state index in [1.807, 2.05) is 23.9 Å². The minimum absolute atomic E-state index is 0.296. The summed E-state index contributed by atoms with van der Waals surface area (Å²) in [6.07, 6.45) is -1.64. The van der Waals surface area contributed by atoms with Crippen LogP contribution in [0, 0.1) is 0 Å². The first kappa shape index (κ1) is 19.4. The van der Waals surface area contributed by atoms with Gasteiger partial charge >= 0.3 is 0 Å². The number of hydrazone groups is 2. The first-order valence-corrected chi connectivity index (χ1v) is 9.59. The van der Waals surface area contributed by atoms with Gasteiger partial charge in [-0.25, -0.2) is 0 Å². The second kappa shape index (κ2) is 8.97. The van der Waals surface area contributed by atoms with Crippen molar-refractivity contribution in [2.75, 3.05) is 53.7 Å². The zero-order valence-electron chi connectivity index (χ0n) is 13.7. The highest BCUT2D eigenvalue weighted by Crippen LogP contribution is 2.32. The molecule has 12 heteroatoms. The number of hydrogen-bond acceptors (Lipinski definition) is 12. The predicted octanol–water partition coefficient (Wildman–Crippen LogP) is -1.97. The van der Waals surface area contributed by atoms with Crippen molar-refractivity contribution in [2.45, 2.75) is 12.2 Å². The van der Waals surface area contributed by atoms with Crippen molar-refractivity contribution in [2.24, 2.45) is 10.2 Å². The second-order valence-corrected chi connectivity index (χ2v) is 7.71. The van der Waals surface area contributed by atoms with Crippen LogP contribution in [0.15, 0.2) is 10.2 Å². The van der Waals surface area contributed by atoms with E-state index in [2.05, 4.69) is 10.2 Å².